The quantitative estimate of drug-likeness (QED) is 0.629. The fourth-order valence-electron chi connectivity index (χ4n) is 2.09. The second-order valence-corrected chi connectivity index (χ2v) is 6.52. The molecule has 1 fully saturated rings. The lowest BCUT2D eigenvalue weighted by molar-refractivity contribution is -0.117. The number of Topliss-reactive ketones (excluding diaryl/α,β-unsaturated/α-hetero) is 1. The third-order valence-electron chi connectivity index (χ3n) is 3.53. The minimum absolute atomic E-state index is 0.00640. The number of ether oxygens (including phenoxy) is 1. The van der Waals surface area contributed by atoms with E-state index in [1.54, 1.807) is 31.3 Å². The lowest BCUT2D eigenvalue weighted by Crippen LogP contribution is -2.14. The number of aryl methyl sites for hydroxylation is 1. The second-order valence-electron chi connectivity index (χ2n) is 5.47. The molecule has 0 atom stereocenters. The molecule has 1 amide bonds. The van der Waals surface area contributed by atoms with Gasteiger partial charge in [-0.3, -0.25) is 9.59 Å². The molecule has 0 aromatic carbocycles. The van der Waals surface area contributed by atoms with E-state index in [2.05, 4.69) is 10.3 Å². The van der Waals surface area contributed by atoms with Crippen molar-refractivity contribution in [2.75, 3.05) is 11.9 Å². The molecule has 0 saturated heterocycles. The van der Waals surface area contributed by atoms with E-state index in [1.165, 1.54) is 0 Å². The molecule has 120 valence electrons. The van der Waals surface area contributed by atoms with Crippen molar-refractivity contribution < 1.29 is 19.1 Å². The Hall–Kier alpha value is -2.41. The molecule has 7 heteroatoms. The van der Waals surface area contributed by atoms with Crippen LogP contribution in [0, 0.1) is 12.8 Å². The van der Waals surface area contributed by atoms with E-state index in [0.717, 1.165) is 29.7 Å². The molecule has 3 rings (SSSR count). The molecule has 0 aliphatic heterocycles. The third-order valence-corrected chi connectivity index (χ3v) is 4.66. The Balaban J connectivity index is 1.59. The number of rotatable bonds is 6. The van der Waals surface area contributed by atoms with E-state index in [9.17, 15) is 14.4 Å². The maximum absolute atomic E-state index is 12.1. The van der Waals surface area contributed by atoms with E-state index in [1.807, 2.05) is 0 Å². The standard InChI is InChI=1S/C16H16N2O4S/c1-9-7-13(18-15(20)10-4-5-10)23-14(9)16(21)22-8-12(19)11-3-2-6-17-11/h2-3,6-7,10,17H,4-5,8H2,1H3,(H,18,20). The Bertz CT molecular complexity index is 744. The summed E-state index contributed by atoms with van der Waals surface area (Å²) >= 11 is 1.16. The van der Waals surface area contributed by atoms with Gasteiger partial charge in [0.05, 0.1) is 10.7 Å². The number of aromatic amines is 1. The van der Waals surface area contributed by atoms with Gasteiger partial charge < -0.3 is 15.0 Å². The molecule has 2 heterocycles. The molecule has 1 saturated carbocycles. The minimum Gasteiger partial charge on any atom is -0.453 e. The van der Waals surface area contributed by atoms with Gasteiger partial charge in [-0.05, 0) is 43.5 Å². The number of amides is 1. The van der Waals surface area contributed by atoms with Crippen LogP contribution < -0.4 is 5.32 Å². The topological polar surface area (TPSA) is 88.3 Å². The first kappa shape index (κ1) is 15.5. The van der Waals surface area contributed by atoms with Gasteiger partial charge in [0.15, 0.2) is 6.61 Å². The first-order valence-corrected chi connectivity index (χ1v) is 8.11. The van der Waals surface area contributed by atoms with Crippen LogP contribution in [0.15, 0.2) is 24.4 Å². The van der Waals surface area contributed by atoms with E-state index >= 15 is 0 Å². The van der Waals surface area contributed by atoms with E-state index < -0.39 is 5.97 Å². The second kappa shape index (κ2) is 6.37. The zero-order valence-corrected chi connectivity index (χ0v) is 13.4. The first-order valence-electron chi connectivity index (χ1n) is 7.29. The average molecular weight is 332 g/mol. The van der Waals surface area contributed by atoms with Crippen molar-refractivity contribution in [1.82, 2.24) is 4.98 Å². The van der Waals surface area contributed by atoms with Crippen LogP contribution in [-0.2, 0) is 9.53 Å². The van der Waals surface area contributed by atoms with E-state index in [4.69, 9.17) is 4.74 Å². The molecule has 2 aromatic rings. The number of carbonyl (C=O) groups excluding carboxylic acids is 3. The lowest BCUT2D eigenvalue weighted by atomic mass is 10.3. The fraction of sp³-hybridized carbons (Fsp3) is 0.312. The van der Waals surface area contributed by atoms with Crippen LogP contribution in [0.4, 0.5) is 5.00 Å². The number of hydrogen-bond donors (Lipinski definition) is 2. The van der Waals surface area contributed by atoms with Crippen LogP contribution in [0.25, 0.3) is 0 Å². The number of carbonyl (C=O) groups is 3. The van der Waals surface area contributed by atoms with Crippen molar-refractivity contribution in [2.24, 2.45) is 5.92 Å². The lowest BCUT2D eigenvalue weighted by Gasteiger charge is -2.02. The van der Waals surface area contributed by atoms with Crippen LogP contribution in [0.3, 0.4) is 0 Å². The molecule has 0 radical (unpaired) electrons. The number of thiophene rings is 1. The van der Waals surface area contributed by atoms with Crippen molar-refractivity contribution in [1.29, 1.82) is 0 Å². The highest BCUT2D eigenvalue weighted by atomic mass is 32.1. The third kappa shape index (κ3) is 3.68. The Morgan fingerprint density at radius 1 is 1.39 bits per heavy atom. The van der Waals surface area contributed by atoms with Gasteiger partial charge in [0, 0.05) is 12.1 Å². The largest absolute Gasteiger partial charge is 0.453 e. The van der Waals surface area contributed by atoms with Crippen LogP contribution in [0.5, 0.6) is 0 Å². The number of anilines is 1. The normalized spacial score (nSPS) is 13.6. The first-order chi connectivity index (χ1) is 11.0. The molecule has 1 aliphatic carbocycles. The predicted molar refractivity (Wildman–Crippen MR) is 85.8 cm³/mol. The number of aromatic nitrogens is 1. The van der Waals surface area contributed by atoms with Gasteiger partial charge in [0.1, 0.15) is 4.88 Å². The van der Waals surface area contributed by atoms with E-state index in [0.29, 0.717) is 15.6 Å². The highest BCUT2D eigenvalue weighted by molar-refractivity contribution is 7.18. The number of nitrogens with one attached hydrogen (secondary N) is 2. The minimum atomic E-state index is -0.556. The number of H-pyrrole nitrogens is 1. The summed E-state index contributed by atoms with van der Waals surface area (Å²) in [5, 5.41) is 3.43. The summed E-state index contributed by atoms with van der Waals surface area (Å²) in [6.45, 7) is 1.45. The molecule has 23 heavy (non-hydrogen) atoms. The van der Waals surface area contributed by atoms with Gasteiger partial charge >= 0.3 is 5.97 Å². The molecule has 6 nitrogen and oxygen atoms in total. The van der Waals surface area contributed by atoms with Gasteiger partial charge in [0.2, 0.25) is 11.7 Å². The summed E-state index contributed by atoms with van der Waals surface area (Å²) in [4.78, 5) is 38.8. The Labute approximate surface area is 136 Å². The smallest absolute Gasteiger partial charge is 0.349 e. The predicted octanol–water partition coefficient (Wildman–Crippen LogP) is 2.77. The molecule has 1 aliphatic rings. The van der Waals surface area contributed by atoms with Gasteiger partial charge in [0.25, 0.3) is 0 Å². The molecular weight excluding hydrogens is 316 g/mol. The Morgan fingerprint density at radius 3 is 2.83 bits per heavy atom. The summed E-state index contributed by atoms with van der Waals surface area (Å²) in [7, 11) is 0. The summed E-state index contributed by atoms with van der Waals surface area (Å²) < 4.78 is 5.06. The Kier molecular flexibility index (Phi) is 4.29. The maximum Gasteiger partial charge on any atom is 0.349 e. The highest BCUT2D eigenvalue weighted by Gasteiger charge is 2.30. The van der Waals surface area contributed by atoms with Crippen LogP contribution >= 0.6 is 11.3 Å². The van der Waals surface area contributed by atoms with E-state index in [-0.39, 0.29) is 24.2 Å². The molecule has 0 spiro atoms. The monoisotopic (exact) mass is 332 g/mol. The highest BCUT2D eigenvalue weighted by Crippen LogP contribution is 2.33. The summed E-state index contributed by atoms with van der Waals surface area (Å²) in [6, 6.07) is 5.07. The van der Waals surface area contributed by atoms with Gasteiger partial charge in [-0.1, -0.05) is 0 Å². The summed E-state index contributed by atoms with van der Waals surface area (Å²) in [5.41, 5.74) is 1.12. The van der Waals surface area contributed by atoms with Gasteiger partial charge in [-0.15, -0.1) is 11.3 Å². The zero-order chi connectivity index (χ0) is 16.4. The van der Waals surface area contributed by atoms with Crippen LogP contribution in [0.1, 0.15) is 38.6 Å². The van der Waals surface area contributed by atoms with Crippen molar-refractivity contribution in [3.8, 4) is 0 Å². The van der Waals surface area contributed by atoms with Crippen molar-refractivity contribution in [2.45, 2.75) is 19.8 Å². The van der Waals surface area contributed by atoms with Crippen molar-refractivity contribution >= 4 is 34.0 Å². The fourth-order valence-corrected chi connectivity index (χ4v) is 3.06. The summed E-state index contributed by atoms with van der Waals surface area (Å²) in [5.74, 6) is -0.751. The number of ketones is 1. The van der Waals surface area contributed by atoms with Crippen molar-refractivity contribution in [3.63, 3.8) is 0 Å². The van der Waals surface area contributed by atoms with Gasteiger partial charge in [-0.25, -0.2) is 4.79 Å². The zero-order valence-electron chi connectivity index (χ0n) is 12.5. The van der Waals surface area contributed by atoms with Crippen molar-refractivity contribution in [3.05, 3.63) is 40.5 Å². The number of esters is 1. The summed E-state index contributed by atoms with van der Waals surface area (Å²) in [6.07, 6.45) is 3.48. The molecule has 2 aromatic heterocycles. The molecule has 0 unspecified atom stereocenters. The SMILES string of the molecule is Cc1cc(NC(=O)C2CC2)sc1C(=O)OCC(=O)c1ccc[nH]1. The maximum atomic E-state index is 12.1. The molecule has 0 bridgehead atoms. The Morgan fingerprint density at radius 2 is 2.17 bits per heavy atom. The van der Waals surface area contributed by atoms with Crippen LogP contribution in [0.2, 0.25) is 0 Å². The van der Waals surface area contributed by atoms with Gasteiger partial charge in [-0.2, -0.15) is 0 Å². The van der Waals surface area contributed by atoms with Crippen LogP contribution in [-0.4, -0.2) is 29.3 Å². The average Bonchev–Trinajstić information content (AvgIpc) is 3.11. The molecule has 2 N–H and O–H groups in total. The number of hydrogen-bond acceptors (Lipinski definition) is 5. The molecular formula is C16H16N2O4S.